The lowest BCUT2D eigenvalue weighted by atomic mass is 9.61. The molecule has 0 bridgehead atoms. The quantitative estimate of drug-likeness (QED) is 0.884. The predicted molar refractivity (Wildman–Crippen MR) is 77.6 cm³/mol. The Morgan fingerprint density at radius 2 is 1.84 bits per heavy atom. The Morgan fingerprint density at radius 3 is 2.26 bits per heavy atom. The van der Waals surface area contributed by atoms with E-state index in [0.717, 1.165) is 37.9 Å². The lowest BCUT2D eigenvalue weighted by molar-refractivity contribution is -0.149. The van der Waals surface area contributed by atoms with E-state index in [0.29, 0.717) is 0 Å². The van der Waals surface area contributed by atoms with Crippen molar-refractivity contribution < 1.29 is 4.79 Å². The summed E-state index contributed by atoms with van der Waals surface area (Å²) in [6.45, 7) is 5.58. The van der Waals surface area contributed by atoms with E-state index < -0.39 is 0 Å². The van der Waals surface area contributed by atoms with Gasteiger partial charge in [-0.15, -0.1) is 0 Å². The first kappa shape index (κ1) is 14.1. The fourth-order valence-corrected chi connectivity index (χ4v) is 3.02. The Bertz CT molecular complexity index is 422. The maximum atomic E-state index is 12.8. The van der Waals surface area contributed by atoms with Crippen molar-refractivity contribution in [3.8, 4) is 0 Å². The maximum absolute atomic E-state index is 12.8. The molecule has 1 saturated carbocycles. The predicted octanol–water partition coefficient (Wildman–Crippen LogP) is 2.73. The average Bonchev–Trinajstić information content (AvgIpc) is 2.40. The van der Waals surface area contributed by atoms with Gasteiger partial charge in [-0.05, 0) is 32.3 Å². The molecule has 1 fully saturated rings. The lowest BCUT2D eigenvalue weighted by Gasteiger charge is -2.47. The molecule has 3 nitrogen and oxygen atoms in total. The first-order chi connectivity index (χ1) is 9.15. The van der Waals surface area contributed by atoms with Crippen molar-refractivity contribution in [2.75, 3.05) is 13.1 Å². The van der Waals surface area contributed by atoms with Crippen LogP contribution in [-0.4, -0.2) is 23.9 Å². The molecule has 1 unspecified atom stereocenters. The third-order valence-corrected chi connectivity index (χ3v) is 4.48. The molecule has 0 spiro atoms. The van der Waals surface area contributed by atoms with Gasteiger partial charge in [0.1, 0.15) is 0 Å². The first-order valence-corrected chi connectivity index (χ1v) is 7.25. The Kier molecular flexibility index (Phi) is 4.25. The largest absolute Gasteiger partial charge is 0.343 e. The zero-order chi connectivity index (χ0) is 13.9. The van der Waals surface area contributed by atoms with Gasteiger partial charge in [-0.25, -0.2) is 0 Å². The molecular weight excluding hydrogens is 236 g/mol. The van der Waals surface area contributed by atoms with Crippen LogP contribution in [0.25, 0.3) is 0 Å². The highest BCUT2D eigenvalue weighted by Gasteiger charge is 2.50. The Morgan fingerprint density at radius 1 is 1.26 bits per heavy atom. The Labute approximate surface area is 115 Å². The molecule has 3 heteroatoms. The molecule has 1 aliphatic rings. The summed E-state index contributed by atoms with van der Waals surface area (Å²) in [5, 5.41) is 0. The summed E-state index contributed by atoms with van der Waals surface area (Å²) in [7, 11) is 0. The molecule has 0 radical (unpaired) electrons. The van der Waals surface area contributed by atoms with Crippen molar-refractivity contribution in [2.24, 2.45) is 11.1 Å². The van der Waals surface area contributed by atoms with Crippen LogP contribution in [0, 0.1) is 5.41 Å². The van der Waals surface area contributed by atoms with Gasteiger partial charge < -0.3 is 10.6 Å². The van der Waals surface area contributed by atoms with Gasteiger partial charge in [0.2, 0.25) is 5.91 Å². The fourth-order valence-electron chi connectivity index (χ4n) is 3.02. The number of benzene rings is 1. The first-order valence-electron chi connectivity index (χ1n) is 7.25. The summed E-state index contributed by atoms with van der Waals surface area (Å²) in [4.78, 5) is 14.7. The number of carbonyl (C=O) groups excluding carboxylic acids is 1. The van der Waals surface area contributed by atoms with Crippen LogP contribution in [-0.2, 0) is 4.79 Å². The molecule has 0 heterocycles. The number of nitrogens with zero attached hydrogens (tertiary/aromatic N) is 1. The molecule has 19 heavy (non-hydrogen) atoms. The van der Waals surface area contributed by atoms with Crippen molar-refractivity contribution in [2.45, 2.75) is 39.2 Å². The van der Waals surface area contributed by atoms with Crippen molar-refractivity contribution in [1.29, 1.82) is 0 Å². The van der Waals surface area contributed by atoms with Crippen LogP contribution in [0.2, 0.25) is 0 Å². The number of nitrogens with two attached hydrogens (primary N) is 1. The molecule has 0 aromatic heterocycles. The van der Waals surface area contributed by atoms with Crippen molar-refractivity contribution in [1.82, 2.24) is 4.90 Å². The third kappa shape index (κ3) is 2.39. The zero-order valence-electron chi connectivity index (χ0n) is 11.9. The Balaban J connectivity index is 2.25. The molecule has 2 N–H and O–H groups in total. The van der Waals surface area contributed by atoms with E-state index >= 15 is 0 Å². The standard InChI is InChI=1S/C16H24N2O/c1-3-18(4-2)15(19)16(11-8-12-16)14(17)13-9-6-5-7-10-13/h5-7,9-10,14H,3-4,8,11-12,17H2,1-2H3. The molecule has 1 aromatic rings. The molecule has 2 rings (SSSR count). The van der Waals surface area contributed by atoms with Crippen LogP contribution in [0.4, 0.5) is 0 Å². The minimum atomic E-state index is -0.368. The highest BCUT2D eigenvalue weighted by Crippen LogP contribution is 2.50. The van der Waals surface area contributed by atoms with Crippen LogP contribution < -0.4 is 5.73 Å². The second-order valence-corrected chi connectivity index (χ2v) is 5.38. The van der Waals surface area contributed by atoms with E-state index in [2.05, 4.69) is 0 Å². The van der Waals surface area contributed by atoms with E-state index in [-0.39, 0.29) is 17.4 Å². The minimum absolute atomic E-state index is 0.185. The van der Waals surface area contributed by atoms with Gasteiger partial charge in [0, 0.05) is 19.1 Å². The van der Waals surface area contributed by atoms with E-state index in [1.807, 2.05) is 49.1 Å². The average molecular weight is 260 g/mol. The van der Waals surface area contributed by atoms with Gasteiger partial charge >= 0.3 is 0 Å². The summed E-state index contributed by atoms with van der Waals surface area (Å²) >= 11 is 0. The number of carbonyl (C=O) groups is 1. The number of rotatable bonds is 5. The molecule has 104 valence electrons. The van der Waals surface area contributed by atoms with E-state index in [1.54, 1.807) is 0 Å². The van der Waals surface area contributed by atoms with Crippen molar-refractivity contribution in [3.63, 3.8) is 0 Å². The monoisotopic (exact) mass is 260 g/mol. The van der Waals surface area contributed by atoms with Gasteiger partial charge in [-0.3, -0.25) is 4.79 Å². The third-order valence-electron chi connectivity index (χ3n) is 4.48. The normalized spacial score (nSPS) is 18.5. The van der Waals surface area contributed by atoms with Crippen LogP contribution in [0.15, 0.2) is 30.3 Å². The van der Waals surface area contributed by atoms with Gasteiger partial charge in [-0.2, -0.15) is 0 Å². The van der Waals surface area contributed by atoms with Crippen molar-refractivity contribution in [3.05, 3.63) is 35.9 Å². The summed E-state index contributed by atoms with van der Waals surface area (Å²) in [6, 6.07) is 9.83. The molecule has 0 aliphatic heterocycles. The summed E-state index contributed by atoms with van der Waals surface area (Å²) in [6.07, 6.45) is 2.93. The second kappa shape index (κ2) is 5.74. The van der Waals surface area contributed by atoms with Crippen LogP contribution in [0.5, 0.6) is 0 Å². The molecule has 1 aliphatic carbocycles. The molecule has 1 amide bonds. The molecule has 1 atom stereocenters. The smallest absolute Gasteiger partial charge is 0.230 e. The highest BCUT2D eigenvalue weighted by atomic mass is 16.2. The van der Waals surface area contributed by atoms with Gasteiger partial charge in [0.25, 0.3) is 0 Å². The van der Waals surface area contributed by atoms with Gasteiger partial charge in [0.15, 0.2) is 0 Å². The number of hydrogen-bond acceptors (Lipinski definition) is 2. The second-order valence-electron chi connectivity index (χ2n) is 5.38. The summed E-state index contributed by atoms with van der Waals surface area (Å²) < 4.78 is 0. The van der Waals surface area contributed by atoms with Crippen LogP contribution in [0.1, 0.15) is 44.7 Å². The fraction of sp³-hybridized carbons (Fsp3) is 0.562. The lowest BCUT2D eigenvalue weighted by Crippen LogP contribution is -2.53. The molecule has 0 saturated heterocycles. The van der Waals surface area contributed by atoms with Crippen molar-refractivity contribution >= 4 is 5.91 Å². The van der Waals surface area contributed by atoms with Gasteiger partial charge in [0.05, 0.1) is 5.41 Å². The maximum Gasteiger partial charge on any atom is 0.230 e. The topological polar surface area (TPSA) is 46.3 Å². The number of hydrogen-bond donors (Lipinski definition) is 1. The molecular formula is C16H24N2O. The summed E-state index contributed by atoms with van der Waals surface area (Å²) in [5.41, 5.74) is 7.14. The van der Waals surface area contributed by atoms with E-state index in [9.17, 15) is 4.79 Å². The number of amides is 1. The summed E-state index contributed by atoms with van der Waals surface area (Å²) in [5.74, 6) is 0.236. The highest BCUT2D eigenvalue weighted by molar-refractivity contribution is 5.84. The SMILES string of the molecule is CCN(CC)C(=O)C1(C(N)c2ccccc2)CCC1. The van der Waals surface area contributed by atoms with E-state index in [1.165, 1.54) is 0 Å². The molecule has 1 aromatic carbocycles. The van der Waals surface area contributed by atoms with Crippen LogP contribution >= 0.6 is 0 Å². The van der Waals surface area contributed by atoms with E-state index in [4.69, 9.17) is 5.73 Å². The zero-order valence-corrected chi connectivity index (χ0v) is 11.9. The van der Waals surface area contributed by atoms with Gasteiger partial charge in [-0.1, -0.05) is 36.8 Å². The van der Waals surface area contributed by atoms with Crippen LogP contribution in [0.3, 0.4) is 0 Å². The Hall–Kier alpha value is -1.35. The minimum Gasteiger partial charge on any atom is -0.343 e.